The van der Waals surface area contributed by atoms with Crippen molar-refractivity contribution in [1.29, 1.82) is 0 Å². The number of fused-ring (bicyclic) bond motifs is 1. The van der Waals surface area contributed by atoms with E-state index in [9.17, 15) is 9.59 Å². The third-order valence-corrected chi connectivity index (χ3v) is 5.39. The third-order valence-electron chi connectivity index (χ3n) is 5.39. The van der Waals surface area contributed by atoms with Crippen LogP contribution in [0, 0.1) is 5.92 Å². The van der Waals surface area contributed by atoms with Crippen LogP contribution in [0.3, 0.4) is 0 Å². The third kappa shape index (κ3) is 3.63. The van der Waals surface area contributed by atoms with Gasteiger partial charge in [0.2, 0.25) is 5.91 Å². The van der Waals surface area contributed by atoms with Gasteiger partial charge in [-0.1, -0.05) is 67.8 Å². The van der Waals surface area contributed by atoms with Crippen LogP contribution in [0.2, 0.25) is 0 Å². The van der Waals surface area contributed by atoms with Gasteiger partial charge in [-0.15, -0.1) is 0 Å². The predicted molar refractivity (Wildman–Crippen MR) is 109 cm³/mol. The van der Waals surface area contributed by atoms with Crippen molar-refractivity contribution >= 4 is 28.3 Å². The zero-order valence-corrected chi connectivity index (χ0v) is 15.3. The summed E-state index contributed by atoms with van der Waals surface area (Å²) in [5.74, 6) is -0.391. The molecule has 2 amide bonds. The topological polar surface area (TPSA) is 37.4 Å². The molecule has 0 aromatic heterocycles. The van der Waals surface area contributed by atoms with Gasteiger partial charge in [0.25, 0.3) is 5.91 Å². The molecule has 0 N–H and O–H groups in total. The molecular formula is C24H23NO2. The Bertz CT molecular complexity index is 958. The van der Waals surface area contributed by atoms with Crippen molar-refractivity contribution in [1.82, 2.24) is 0 Å². The lowest BCUT2D eigenvalue weighted by molar-refractivity contribution is -0.122. The maximum atomic E-state index is 13.4. The standard InChI is InChI=1S/C24H23NO2/c26-23(19-10-3-1-4-11-19)25(24(27)20-12-5-2-6-13-20)22-16-15-18-9-7-8-14-21(18)17-22/h1,3-4,7-11,14-17,20H,2,5-6,12-13H2. The van der Waals surface area contributed by atoms with Crippen LogP contribution >= 0.6 is 0 Å². The first-order valence-corrected chi connectivity index (χ1v) is 9.66. The molecule has 3 heteroatoms. The quantitative estimate of drug-likeness (QED) is 0.573. The van der Waals surface area contributed by atoms with Gasteiger partial charge < -0.3 is 0 Å². The van der Waals surface area contributed by atoms with E-state index >= 15 is 0 Å². The summed E-state index contributed by atoms with van der Waals surface area (Å²) in [5.41, 5.74) is 1.19. The van der Waals surface area contributed by atoms with Gasteiger partial charge in [0.15, 0.2) is 0 Å². The number of carbonyl (C=O) groups excluding carboxylic acids is 2. The van der Waals surface area contributed by atoms with Gasteiger partial charge in [0, 0.05) is 11.5 Å². The van der Waals surface area contributed by atoms with Crippen LogP contribution in [-0.2, 0) is 4.79 Å². The summed E-state index contributed by atoms with van der Waals surface area (Å²) in [7, 11) is 0. The fraction of sp³-hybridized carbons (Fsp3) is 0.250. The van der Waals surface area contributed by atoms with Crippen molar-refractivity contribution in [2.75, 3.05) is 4.90 Å². The van der Waals surface area contributed by atoms with E-state index < -0.39 is 0 Å². The molecule has 3 aromatic carbocycles. The van der Waals surface area contributed by atoms with Crippen LogP contribution in [-0.4, -0.2) is 11.8 Å². The Morgan fingerprint density at radius 2 is 1.41 bits per heavy atom. The van der Waals surface area contributed by atoms with E-state index in [1.807, 2.05) is 60.7 Å². The second-order valence-electron chi connectivity index (χ2n) is 7.21. The van der Waals surface area contributed by atoms with Crippen LogP contribution in [0.5, 0.6) is 0 Å². The summed E-state index contributed by atoms with van der Waals surface area (Å²) in [6.45, 7) is 0. The van der Waals surface area contributed by atoms with Crippen molar-refractivity contribution in [3.8, 4) is 0 Å². The second kappa shape index (κ2) is 7.75. The molecule has 4 rings (SSSR count). The van der Waals surface area contributed by atoms with E-state index in [1.54, 1.807) is 12.1 Å². The Morgan fingerprint density at radius 1 is 0.741 bits per heavy atom. The lowest BCUT2D eigenvalue weighted by atomic mass is 9.88. The number of nitrogens with zero attached hydrogens (tertiary/aromatic N) is 1. The van der Waals surface area contributed by atoms with Crippen molar-refractivity contribution in [3.63, 3.8) is 0 Å². The van der Waals surface area contributed by atoms with Crippen molar-refractivity contribution in [3.05, 3.63) is 78.4 Å². The Hall–Kier alpha value is -2.94. The summed E-state index contributed by atoms with van der Waals surface area (Å²) in [4.78, 5) is 28.0. The van der Waals surface area contributed by atoms with E-state index in [1.165, 1.54) is 11.3 Å². The smallest absolute Gasteiger partial charge is 0.265 e. The first kappa shape index (κ1) is 17.5. The predicted octanol–water partition coefficient (Wildman–Crippen LogP) is 5.59. The minimum Gasteiger partial charge on any atom is -0.274 e. The highest BCUT2D eigenvalue weighted by Gasteiger charge is 2.31. The highest BCUT2D eigenvalue weighted by atomic mass is 16.2. The molecule has 3 nitrogen and oxygen atoms in total. The number of rotatable bonds is 3. The van der Waals surface area contributed by atoms with E-state index in [4.69, 9.17) is 0 Å². The second-order valence-corrected chi connectivity index (χ2v) is 7.21. The molecule has 0 bridgehead atoms. The molecule has 0 aliphatic heterocycles. The van der Waals surface area contributed by atoms with Crippen LogP contribution in [0.4, 0.5) is 5.69 Å². The lowest BCUT2D eigenvalue weighted by Gasteiger charge is -2.28. The molecule has 0 radical (unpaired) electrons. The van der Waals surface area contributed by atoms with E-state index in [0.29, 0.717) is 11.3 Å². The molecule has 1 fully saturated rings. The number of benzene rings is 3. The average molecular weight is 357 g/mol. The van der Waals surface area contributed by atoms with Gasteiger partial charge in [0.05, 0.1) is 5.69 Å². The number of anilines is 1. The molecule has 27 heavy (non-hydrogen) atoms. The van der Waals surface area contributed by atoms with Gasteiger partial charge in [-0.05, 0) is 47.9 Å². The SMILES string of the molecule is O=C(c1ccccc1)N(C(=O)C1CCCCC1)c1ccc2ccccc2c1. The largest absolute Gasteiger partial charge is 0.274 e. The van der Waals surface area contributed by atoms with Crippen LogP contribution < -0.4 is 4.90 Å². The monoisotopic (exact) mass is 357 g/mol. The van der Waals surface area contributed by atoms with Gasteiger partial charge in [-0.2, -0.15) is 0 Å². The molecule has 0 heterocycles. The lowest BCUT2D eigenvalue weighted by Crippen LogP contribution is -2.41. The maximum absolute atomic E-state index is 13.4. The molecule has 1 aliphatic carbocycles. The molecule has 1 saturated carbocycles. The van der Waals surface area contributed by atoms with E-state index in [0.717, 1.165) is 36.5 Å². The zero-order chi connectivity index (χ0) is 18.6. The molecule has 0 saturated heterocycles. The fourth-order valence-electron chi connectivity index (χ4n) is 3.90. The zero-order valence-electron chi connectivity index (χ0n) is 15.3. The maximum Gasteiger partial charge on any atom is 0.265 e. The van der Waals surface area contributed by atoms with Gasteiger partial charge in [-0.25, -0.2) is 4.90 Å². The van der Waals surface area contributed by atoms with Crippen LogP contribution in [0.25, 0.3) is 10.8 Å². The minimum atomic E-state index is -0.249. The number of imide groups is 1. The highest BCUT2D eigenvalue weighted by Crippen LogP contribution is 2.30. The Morgan fingerprint density at radius 3 is 2.15 bits per heavy atom. The van der Waals surface area contributed by atoms with Crippen molar-refractivity contribution in [2.24, 2.45) is 5.92 Å². The van der Waals surface area contributed by atoms with Crippen molar-refractivity contribution < 1.29 is 9.59 Å². The van der Waals surface area contributed by atoms with Crippen LogP contribution in [0.1, 0.15) is 42.5 Å². The van der Waals surface area contributed by atoms with Crippen LogP contribution in [0.15, 0.2) is 72.8 Å². The number of hydrogen-bond donors (Lipinski definition) is 0. The molecular weight excluding hydrogens is 334 g/mol. The summed E-state index contributed by atoms with van der Waals surface area (Å²) >= 11 is 0. The van der Waals surface area contributed by atoms with Gasteiger partial charge in [-0.3, -0.25) is 9.59 Å². The highest BCUT2D eigenvalue weighted by molar-refractivity contribution is 6.22. The summed E-state index contributed by atoms with van der Waals surface area (Å²) in [6, 6.07) is 22.9. The Balaban J connectivity index is 1.76. The van der Waals surface area contributed by atoms with E-state index in [2.05, 4.69) is 0 Å². The first-order chi connectivity index (χ1) is 13.2. The summed E-state index contributed by atoms with van der Waals surface area (Å²) < 4.78 is 0. The molecule has 136 valence electrons. The first-order valence-electron chi connectivity index (χ1n) is 9.66. The summed E-state index contributed by atoms with van der Waals surface area (Å²) in [5, 5.41) is 2.12. The Kier molecular flexibility index (Phi) is 5.01. The Labute approximate surface area is 159 Å². The minimum absolute atomic E-state index is 0.0705. The van der Waals surface area contributed by atoms with Gasteiger partial charge >= 0.3 is 0 Å². The summed E-state index contributed by atoms with van der Waals surface area (Å²) in [6.07, 6.45) is 5.02. The number of hydrogen-bond acceptors (Lipinski definition) is 2. The number of amides is 2. The fourth-order valence-corrected chi connectivity index (χ4v) is 3.90. The normalized spacial score (nSPS) is 14.8. The molecule has 1 aliphatic rings. The molecule has 0 unspecified atom stereocenters. The molecule has 3 aromatic rings. The van der Waals surface area contributed by atoms with Crippen molar-refractivity contribution in [2.45, 2.75) is 32.1 Å². The number of carbonyl (C=O) groups is 2. The average Bonchev–Trinajstić information content (AvgIpc) is 2.75. The van der Waals surface area contributed by atoms with E-state index in [-0.39, 0.29) is 17.7 Å². The van der Waals surface area contributed by atoms with Gasteiger partial charge in [0.1, 0.15) is 0 Å². The molecule has 0 atom stereocenters. The molecule has 0 spiro atoms.